The fourth-order valence-corrected chi connectivity index (χ4v) is 5.48. The topological polar surface area (TPSA) is 125 Å². The number of carboxylic acid groups (broad SMARTS) is 1. The predicted octanol–water partition coefficient (Wildman–Crippen LogP) is 2.97. The molecule has 3 heterocycles. The molecule has 1 aromatic heterocycles. The Morgan fingerprint density at radius 2 is 1.89 bits per heavy atom. The summed E-state index contributed by atoms with van der Waals surface area (Å²) in [6.07, 6.45) is 2.62. The van der Waals surface area contributed by atoms with E-state index in [0.717, 1.165) is 36.1 Å². The summed E-state index contributed by atoms with van der Waals surface area (Å²) in [5.41, 5.74) is 1.98. The molecule has 1 amide bonds. The lowest BCUT2D eigenvalue weighted by molar-refractivity contribution is -0.188. The smallest absolute Gasteiger partial charge is 0.308 e. The summed E-state index contributed by atoms with van der Waals surface area (Å²) in [5.74, 6) is -1.61. The predicted molar refractivity (Wildman–Crippen MR) is 135 cm³/mol. The number of aliphatic carboxylic acids is 1. The molecule has 0 saturated carbocycles. The van der Waals surface area contributed by atoms with Crippen LogP contribution in [0.5, 0.6) is 17.5 Å². The molecule has 0 spiro atoms. The maximum Gasteiger partial charge on any atom is 0.308 e. The van der Waals surface area contributed by atoms with Gasteiger partial charge in [-0.2, -0.15) is 0 Å². The number of ether oxygens (including phenoxy) is 1. The highest BCUT2D eigenvalue weighted by Gasteiger charge is 2.47. The van der Waals surface area contributed by atoms with Crippen LogP contribution < -0.4 is 4.74 Å². The number of hydrogen-bond donors (Lipinski definition) is 3. The molecule has 202 valence electrons. The lowest BCUT2D eigenvalue weighted by Crippen LogP contribution is -2.44. The Kier molecular flexibility index (Phi) is 8.60. The monoisotopic (exact) mass is 515 g/mol. The van der Waals surface area contributed by atoms with Gasteiger partial charge in [0.15, 0.2) is 11.8 Å². The van der Waals surface area contributed by atoms with Crippen molar-refractivity contribution in [2.75, 3.05) is 32.8 Å². The number of rotatable bonds is 12. The van der Waals surface area contributed by atoms with Crippen LogP contribution in [0.25, 0.3) is 0 Å². The number of carbonyl (C=O) groups is 2. The summed E-state index contributed by atoms with van der Waals surface area (Å²) < 4.78 is 6.97. The number of hydroxylamine groups is 2. The van der Waals surface area contributed by atoms with Crippen LogP contribution in [0.3, 0.4) is 0 Å². The zero-order valence-corrected chi connectivity index (χ0v) is 21.5. The third-order valence-electron chi connectivity index (χ3n) is 7.25. The molecule has 2 aliphatic rings. The first kappa shape index (κ1) is 26.8. The van der Waals surface area contributed by atoms with Gasteiger partial charge in [0.25, 0.3) is 5.91 Å². The van der Waals surface area contributed by atoms with Gasteiger partial charge in [0.2, 0.25) is 0 Å². The molecule has 2 aliphatic heterocycles. The van der Waals surface area contributed by atoms with Crippen LogP contribution in [0, 0.1) is 5.92 Å². The molecule has 0 radical (unpaired) electrons. The summed E-state index contributed by atoms with van der Waals surface area (Å²) >= 11 is 0. The molecule has 10 heteroatoms. The van der Waals surface area contributed by atoms with Crippen molar-refractivity contribution >= 4 is 11.9 Å². The lowest BCUT2D eigenvalue weighted by Gasteiger charge is -2.29. The lowest BCUT2D eigenvalue weighted by atomic mass is 9.83. The molecule has 1 fully saturated rings. The minimum absolute atomic E-state index is 0.0202. The van der Waals surface area contributed by atoms with E-state index in [2.05, 4.69) is 0 Å². The highest BCUT2D eigenvalue weighted by molar-refractivity contribution is 5.78. The van der Waals surface area contributed by atoms with Crippen LogP contribution in [0.2, 0.25) is 0 Å². The van der Waals surface area contributed by atoms with Crippen molar-refractivity contribution in [3.63, 3.8) is 0 Å². The first-order chi connectivity index (χ1) is 17.8. The minimum Gasteiger partial charge on any atom is -0.494 e. The maximum atomic E-state index is 13.3. The van der Waals surface area contributed by atoms with Crippen LogP contribution >= 0.6 is 0 Å². The Bertz CT molecular complexity index is 1080. The number of carbonyl (C=O) groups excluding carboxylic acids is 1. The summed E-state index contributed by atoms with van der Waals surface area (Å²) in [7, 11) is 0. The third-order valence-corrected chi connectivity index (χ3v) is 7.25. The van der Waals surface area contributed by atoms with Gasteiger partial charge in [0.05, 0.1) is 25.7 Å². The van der Waals surface area contributed by atoms with Gasteiger partial charge in [-0.25, -0.2) is 5.06 Å². The van der Waals surface area contributed by atoms with Gasteiger partial charge in [-0.15, -0.1) is 0 Å². The van der Waals surface area contributed by atoms with E-state index in [4.69, 9.17) is 9.57 Å². The normalized spacial score (nSPS) is 21.1. The van der Waals surface area contributed by atoms with Crippen molar-refractivity contribution in [1.82, 2.24) is 14.5 Å². The number of amides is 1. The molecule has 37 heavy (non-hydrogen) atoms. The molecular weight excluding hydrogens is 478 g/mol. The molecule has 10 nitrogen and oxygen atoms in total. The van der Waals surface area contributed by atoms with Gasteiger partial charge in [-0.05, 0) is 36.5 Å². The average molecular weight is 516 g/mol. The van der Waals surface area contributed by atoms with E-state index >= 15 is 0 Å². The van der Waals surface area contributed by atoms with Gasteiger partial charge in [-0.1, -0.05) is 26.0 Å². The number of nitrogens with zero attached hydrogens (tertiary/aromatic N) is 3. The van der Waals surface area contributed by atoms with Crippen LogP contribution in [0.4, 0.5) is 0 Å². The highest BCUT2D eigenvalue weighted by Crippen LogP contribution is 2.41. The van der Waals surface area contributed by atoms with Crippen LogP contribution in [0.1, 0.15) is 50.2 Å². The van der Waals surface area contributed by atoms with Gasteiger partial charge >= 0.3 is 5.97 Å². The number of carboxylic acids is 1. The summed E-state index contributed by atoms with van der Waals surface area (Å²) in [4.78, 5) is 33.5. The van der Waals surface area contributed by atoms with E-state index in [1.165, 1.54) is 21.8 Å². The van der Waals surface area contributed by atoms with Crippen molar-refractivity contribution in [2.24, 2.45) is 5.92 Å². The Balaban J connectivity index is 1.61. The first-order valence-corrected chi connectivity index (χ1v) is 13.1. The SMILES string of the molecule is CCCON(CCC)C(=O)CN1C[C@H](c2ccc3c(c2)CCO3)[C@@H](C(=O)O)[C@@H]1CCn1c(O)ccc1O. The van der Waals surface area contributed by atoms with E-state index < -0.39 is 17.9 Å². The van der Waals surface area contributed by atoms with Gasteiger partial charge in [-0.3, -0.25) is 23.9 Å². The number of aromatic nitrogens is 1. The van der Waals surface area contributed by atoms with E-state index in [1.54, 1.807) is 0 Å². The first-order valence-electron chi connectivity index (χ1n) is 13.1. The summed E-state index contributed by atoms with van der Waals surface area (Å²) in [5, 5.41) is 32.0. The van der Waals surface area contributed by atoms with Crippen molar-refractivity contribution in [3.8, 4) is 17.5 Å². The Morgan fingerprint density at radius 3 is 2.57 bits per heavy atom. The van der Waals surface area contributed by atoms with Crippen LogP contribution in [-0.2, 0) is 27.4 Å². The van der Waals surface area contributed by atoms with Crippen LogP contribution in [-0.4, -0.2) is 80.6 Å². The fraction of sp³-hybridized carbons (Fsp3) is 0.556. The zero-order chi connectivity index (χ0) is 26.5. The second-order valence-electron chi connectivity index (χ2n) is 9.75. The molecule has 0 bridgehead atoms. The Hall–Kier alpha value is -3.24. The van der Waals surface area contributed by atoms with Crippen molar-refractivity contribution in [1.29, 1.82) is 0 Å². The number of hydrogen-bond acceptors (Lipinski definition) is 7. The maximum absolute atomic E-state index is 13.3. The molecule has 2 aromatic rings. The summed E-state index contributed by atoms with van der Waals surface area (Å²) in [6, 6.07) is 8.14. The average Bonchev–Trinajstić information content (AvgIpc) is 3.57. The molecular formula is C27H37N3O7. The van der Waals surface area contributed by atoms with Gasteiger partial charge in [0.1, 0.15) is 5.75 Å². The van der Waals surface area contributed by atoms with Crippen molar-refractivity contribution in [3.05, 3.63) is 41.5 Å². The number of fused-ring (bicyclic) bond motifs is 1. The molecule has 1 saturated heterocycles. The number of aromatic hydroxyl groups is 2. The second-order valence-corrected chi connectivity index (χ2v) is 9.75. The van der Waals surface area contributed by atoms with Crippen molar-refractivity contribution in [2.45, 2.75) is 58.0 Å². The van der Waals surface area contributed by atoms with Gasteiger partial charge < -0.3 is 20.1 Å². The third kappa shape index (κ3) is 5.86. The number of benzene rings is 1. The minimum atomic E-state index is -0.935. The summed E-state index contributed by atoms with van der Waals surface area (Å²) in [6.45, 7) is 6.07. The second kappa shape index (κ2) is 11.9. The van der Waals surface area contributed by atoms with Crippen molar-refractivity contribution < 1.29 is 34.5 Å². The largest absolute Gasteiger partial charge is 0.494 e. The van der Waals surface area contributed by atoms with Crippen LogP contribution in [0.15, 0.2) is 30.3 Å². The molecule has 3 atom stereocenters. The van der Waals surface area contributed by atoms with E-state index in [0.29, 0.717) is 32.7 Å². The highest BCUT2D eigenvalue weighted by atomic mass is 16.7. The molecule has 3 N–H and O–H groups in total. The standard InChI is InChI=1S/C27H37N3O7/c1-3-11-30(37-13-4-2)25(33)17-28-16-20(18-5-6-22-19(15-18)10-14-36-22)26(27(34)35)21(28)9-12-29-23(31)7-8-24(29)32/h5-8,15,20-21,26,31-32H,3-4,9-14,16-17H2,1-2H3,(H,34,35)/t20-,21+,26-/m1/s1. The quantitative estimate of drug-likeness (QED) is 0.369. The van der Waals surface area contributed by atoms with E-state index in [1.807, 2.05) is 36.9 Å². The molecule has 0 unspecified atom stereocenters. The van der Waals surface area contributed by atoms with E-state index in [9.17, 15) is 24.9 Å². The number of likely N-dealkylation sites (tertiary alicyclic amines) is 1. The zero-order valence-electron chi connectivity index (χ0n) is 21.5. The fourth-order valence-electron chi connectivity index (χ4n) is 5.48. The van der Waals surface area contributed by atoms with Gasteiger partial charge in [0, 0.05) is 50.1 Å². The Morgan fingerprint density at radius 1 is 1.14 bits per heavy atom. The molecule has 4 rings (SSSR count). The molecule has 1 aromatic carbocycles. The molecule has 0 aliphatic carbocycles. The Labute approximate surface area is 217 Å². The van der Waals surface area contributed by atoms with E-state index in [-0.39, 0.29) is 36.7 Å².